The average molecular weight is 332 g/mol. The van der Waals surface area contributed by atoms with Gasteiger partial charge in [-0.25, -0.2) is 4.79 Å². The summed E-state index contributed by atoms with van der Waals surface area (Å²) in [6.45, 7) is 0.573. The van der Waals surface area contributed by atoms with Crippen LogP contribution in [0.1, 0.15) is 5.56 Å². The van der Waals surface area contributed by atoms with E-state index in [0.717, 1.165) is 5.56 Å². The van der Waals surface area contributed by atoms with Gasteiger partial charge in [0.1, 0.15) is 11.9 Å². The number of morpholine rings is 1. The first kappa shape index (κ1) is 16.4. The maximum atomic E-state index is 11.4. The van der Waals surface area contributed by atoms with Crippen molar-refractivity contribution in [3.8, 4) is 0 Å². The van der Waals surface area contributed by atoms with Crippen LogP contribution in [0, 0.1) is 0 Å². The van der Waals surface area contributed by atoms with Crippen LogP contribution in [-0.4, -0.2) is 58.0 Å². The third-order valence-electron chi connectivity index (χ3n) is 3.42. The lowest BCUT2D eigenvalue weighted by molar-refractivity contribution is -0.0435. The van der Waals surface area contributed by atoms with Gasteiger partial charge >= 0.3 is 6.09 Å². The fourth-order valence-electron chi connectivity index (χ4n) is 2.42. The summed E-state index contributed by atoms with van der Waals surface area (Å²) in [5.41, 5.74) is 1.01. The molecule has 0 saturated carbocycles. The van der Waals surface area contributed by atoms with E-state index in [1.165, 1.54) is 4.90 Å². The molecule has 1 saturated heterocycles. The number of hydrogen-bond acceptors (Lipinski definition) is 3. The summed E-state index contributed by atoms with van der Waals surface area (Å²) < 4.78 is 16.9. The maximum Gasteiger partial charge on any atom is 0.407 e. The van der Waals surface area contributed by atoms with E-state index in [9.17, 15) is 14.5 Å². The lowest BCUT2D eigenvalue weighted by Crippen LogP contribution is -2.54. The highest BCUT2D eigenvalue weighted by Crippen LogP contribution is 2.19. The predicted molar refractivity (Wildman–Crippen MR) is 82.3 cm³/mol. The first-order chi connectivity index (χ1) is 9.95. The Morgan fingerprint density at radius 1 is 1.52 bits per heavy atom. The van der Waals surface area contributed by atoms with Crippen molar-refractivity contribution in [3.63, 3.8) is 0 Å². The molecule has 0 spiro atoms. The number of halogens is 1. The number of carbonyl (C=O) groups is 1. The molecule has 21 heavy (non-hydrogen) atoms. The van der Waals surface area contributed by atoms with Crippen molar-refractivity contribution in [2.24, 2.45) is 0 Å². The van der Waals surface area contributed by atoms with E-state index in [0.29, 0.717) is 23.8 Å². The van der Waals surface area contributed by atoms with Gasteiger partial charge in [-0.15, -0.1) is 0 Å². The smallest absolute Gasteiger partial charge is 0.407 e. The van der Waals surface area contributed by atoms with Crippen LogP contribution in [0.2, 0.25) is 5.02 Å². The molecule has 5 nitrogen and oxygen atoms in total. The van der Waals surface area contributed by atoms with Crippen LogP contribution in [0.5, 0.6) is 0 Å². The number of ether oxygens (including phenoxy) is 1. The fourth-order valence-corrected chi connectivity index (χ4v) is 3.27. The molecule has 0 aliphatic carbocycles. The zero-order chi connectivity index (χ0) is 15.4. The molecule has 0 aromatic heterocycles. The molecular formula is C14H18ClNO4S. The number of rotatable bonds is 4. The Kier molecular flexibility index (Phi) is 5.75. The van der Waals surface area contributed by atoms with Gasteiger partial charge < -0.3 is 14.4 Å². The van der Waals surface area contributed by atoms with Crippen molar-refractivity contribution in [2.75, 3.05) is 25.2 Å². The Labute approximate surface area is 132 Å². The molecule has 1 heterocycles. The van der Waals surface area contributed by atoms with Gasteiger partial charge in [0.25, 0.3) is 0 Å². The molecule has 1 aromatic rings. The number of benzene rings is 1. The number of hydrogen-bond donors (Lipinski definition) is 1. The highest BCUT2D eigenvalue weighted by Gasteiger charge is 2.33. The molecule has 116 valence electrons. The second-order valence-electron chi connectivity index (χ2n) is 5.11. The third-order valence-corrected chi connectivity index (χ3v) is 4.51. The molecule has 0 bridgehead atoms. The molecule has 3 atom stereocenters. The lowest BCUT2D eigenvalue weighted by atomic mass is 10.0. The van der Waals surface area contributed by atoms with Crippen LogP contribution in [0.4, 0.5) is 4.79 Å². The SMILES string of the molecule is C[S+]([O-])C[C@H]1CN(C(=O)O)[C@@H](Cc2ccc(Cl)cc2)CO1. The Bertz CT molecular complexity index is 482. The number of carboxylic acid groups (broad SMARTS) is 1. The first-order valence-electron chi connectivity index (χ1n) is 6.61. The summed E-state index contributed by atoms with van der Waals surface area (Å²) in [5.74, 6) is 0.359. The molecule has 1 fully saturated rings. The maximum absolute atomic E-state index is 11.4. The Hall–Kier alpha value is -0.950. The summed E-state index contributed by atoms with van der Waals surface area (Å²) in [5, 5.41) is 10.0. The van der Waals surface area contributed by atoms with Gasteiger partial charge in [0.2, 0.25) is 0 Å². The molecule has 1 aliphatic rings. The Balaban J connectivity index is 2.01. The summed E-state index contributed by atoms with van der Waals surface area (Å²) in [4.78, 5) is 12.8. The zero-order valence-electron chi connectivity index (χ0n) is 11.7. The molecule has 1 N–H and O–H groups in total. The average Bonchev–Trinajstić information content (AvgIpc) is 2.42. The molecule has 1 amide bonds. The largest absolute Gasteiger partial charge is 0.616 e. The molecule has 1 aliphatic heterocycles. The monoisotopic (exact) mass is 331 g/mol. The number of amides is 1. The quantitative estimate of drug-likeness (QED) is 0.857. The molecule has 2 rings (SSSR count). The van der Waals surface area contributed by atoms with Crippen LogP contribution in [0.15, 0.2) is 24.3 Å². The Morgan fingerprint density at radius 2 is 2.19 bits per heavy atom. The van der Waals surface area contributed by atoms with E-state index in [2.05, 4.69) is 0 Å². The van der Waals surface area contributed by atoms with E-state index in [4.69, 9.17) is 16.3 Å². The lowest BCUT2D eigenvalue weighted by Gasteiger charge is -2.37. The zero-order valence-corrected chi connectivity index (χ0v) is 13.3. The normalized spacial score (nSPS) is 23.9. The molecule has 0 radical (unpaired) electrons. The third kappa shape index (κ3) is 4.78. The van der Waals surface area contributed by atoms with Gasteiger partial charge in [-0.3, -0.25) is 4.90 Å². The van der Waals surface area contributed by atoms with Crippen LogP contribution >= 0.6 is 11.6 Å². The van der Waals surface area contributed by atoms with Gasteiger partial charge in [0.05, 0.1) is 25.4 Å². The minimum atomic E-state index is -1.00. The van der Waals surface area contributed by atoms with E-state index in [1.54, 1.807) is 18.4 Å². The van der Waals surface area contributed by atoms with E-state index >= 15 is 0 Å². The minimum absolute atomic E-state index is 0.231. The summed E-state index contributed by atoms with van der Waals surface area (Å²) in [6.07, 6.45) is 0.900. The van der Waals surface area contributed by atoms with Gasteiger partial charge in [-0.1, -0.05) is 34.9 Å². The summed E-state index contributed by atoms with van der Waals surface area (Å²) in [6, 6.07) is 7.11. The second-order valence-corrected chi connectivity index (χ2v) is 7.03. The van der Waals surface area contributed by atoms with Crippen molar-refractivity contribution in [2.45, 2.75) is 18.6 Å². The fraction of sp³-hybridized carbons (Fsp3) is 0.500. The van der Waals surface area contributed by atoms with Crippen molar-refractivity contribution in [1.29, 1.82) is 0 Å². The topological polar surface area (TPSA) is 72.8 Å². The molecule has 1 aromatic carbocycles. The highest BCUT2D eigenvalue weighted by atomic mass is 35.5. The molecular weight excluding hydrogens is 314 g/mol. The van der Waals surface area contributed by atoms with Crippen LogP contribution in [0.25, 0.3) is 0 Å². The summed E-state index contributed by atoms with van der Waals surface area (Å²) >= 11 is 4.84. The van der Waals surface area contributed by atoms with E-state index in [1.807, 2.05) is 12.1 Å². The minimum Gasteiger partial charge on any atom is -0.616 e. The highest BCUT2D eigenvalue weighted by molar-refractivity contribution is 7.90. The molecule has 1 unspecified atom stereocenters. The van der Waals surface area contributed by atoms with Gasteiger partial charge in [0, 0.05) is 5.02 Å². The van der Waals surface area contributed by atoms with Crippen LogP contribution < -0.4 is 0 Å². The van der Waals surface area contributed by atoms with Crippen molar-refractivity contribution in [3.05, 3.63) is 34.9 Å². The number of nitrogens with zero attached hydrogens (tertiary/aromatic N) is 1. The standard InChI is InChI=1S/C14H18ClNO4S/c1-21(19)9-13-7-16(14(17)18)12(8-20-13)6-10-2-4-11(15)5-3-10/h2-5,12-13H,6-9H2,1H3,(H,17,18)/t12-,13+,21?/m0/s1. The van der Waals surface area contributed by atoms with Crippen molar-refractivity contribution in [1.82, 2.24) is 4.90 Å². The van der Waals surface area contributed by atoms with Crippen LogP contribution in [0.3, 0.4) is 0 Å². The van der Waals surface area contributed by atoms with E-state index in [-0.39, 0.29) is 18.7 Å². The van der Waals surface area contributed by atoms with Crippen molar-refractivity contribution < 1.29 is 19.2 Å². The predicted octanol–water partition coefficient (Wildman–Crippen LogP) is 2.01. The van der Waals surface area contributed by atoms with Gasteiger partial charge in [0.15, 0.2) is 0 Å². The van der Waals surface area contributed by atoms with Gasteiger partial charge in [-0.2, -0.15) is 0 Å². The second kappa shape index (κ2) is 7.35. The Morgan fingerprint density at radius 3 is 2.76 bits per heavy atom. The van der Waals surface area contributed by atoms with Crippen LogP contribution in [-0.2, 0) is 22.3 Å². The summed E-state index contributed by atoms with van der Waals surface area (Å²) in [7, 11) is 0. The van der Waals surface area contributed by atoms with Crippen molar-refractivity contribution >= 4 is 28.9 Å². The van der Waals surface area contributed by atoms with E-state index < -0.39 is 17.3 Å². The van der Waals surface area contributed by atoms with Gasteiger partial charge in [-0.05, 0) is 24.1 Å². The molecule has 7 heteroatoms. The first-order valence-corrected chi connectivity index (χ1v) is 8.72.